The summed E-state index contributed by atoms with van der Waals surface area (Å²) in [6.45, 7) is 7.99. The summed E-state index contributed by atoms with van der Waals surface area (Å²) < 4.78 is 0.388. The highest BCUT2D eigenvalue weighted by molar-refractivity contribution is 8.00. The zero-order valence-electron chi connectivity index (χ0n) is 13.6. The molecule has 0 aliphatic heterocycles. The number of rotatable bonds is 10. The van der Waals surface area contributed by atoms with Gasteiger partial charge in [-0.3, -0.25) is 0 Å². The Morgan fingerprint density at radius 1 is 1.10 bits per heavy atom. The third kappa shape index (κ3) is 5.14. The van der Waals surface area contributed by atoms with Crippen molar-refractivity contribution in [1.82, 2.24) is 5.32 Å². The monoisotopic (exact) mass is 293 g/mol. The Hall–Kier alpha value is -0.470. The highest BCUT2D eigenvalue weighted by Gasteiger charge is 2.25. The van der Waals surface area contributed by atoms with Crippen molar-refractivity contribution in [3.05, 3.63) is 35.9 Å². The van der Waals surface area contributed by atoms with Crippen molar-refractivity contribution in [3.63, 3.8) is 0 Å². The molecule has 1 aromatic carbocycles. The van der Waals surface area contributed by atoms with Crippen LogP contribution in [0, 0.1) is 0 Å². The molecule has 0 aliphatic rings. The number of hydrogen-bond acceptors (Lipinski definition) is 2. The quantitative estimate of drug-likeness (QED) is 0.617. The van der Waals surface area contributed by atoms with Gasteiger partial charge in [-0.05, 0) is 31.1 Å². The van der Waals surface area contributed by atoms with E-state index in [-0.39, 0.29) is 0 Å². The van der Waals surface area contributed by atoms with E-state index in [2.05, 4.69) is 62.7 Å². The molecule has 0 spiro atoms. The summed E-state index contributed by atoms with van der Waals surface area (Å²) in [6, 6.07) is 11.4. The Balaban J connectivity index is 2.70. The van der Waals surface area contributed by atoms with E-state index in [4.69, 9.17) is 0 Å². The van der Waals surface area contributed by atoms with E-state index in [1.165, 1.54) is 37.7 Å². The van der Waals surface area contributed by atoms with Crippen LogP contribution in [0.15, 0.2) is 30.3 Å². The molecule has 0 aliphatic carbocycles. The molecular formula is C18H31NS. The smallest absolute Gasteiger partial charge is 0.0320 e. The first kappa shape index (κ1) is 17.6. The molecule has 1 nitrogen and oxygen atoms in total. The molecule has 0 saturated heterocycles. The molecule has 20 heavy (non-hydrogen) atoms. The summed E-state index contributed by atoms with van der Waals surface area (Å²) >= 11 is 2.02. The van der Waals surface area contributed by atoms with Gasteiger partial charge >= 0.3 is 0 Å². The third-order valence-corrected chi connectivity index (χ3v) is 6.03. The van der Waals surface area contributed by atoms with Crippen LogP contribution in [0.1, 0.15) is 64.5 Å². The van der Waals surface area contributed by atoms with Crippen molar-refractivity contribution < 1.29 is 0 Å². The average molecular weight is 294 g/mol. The van der Waals surface area contributed by atoms with E-state index in [0.717, 1.165) is 6.54 Å². The predicted molar refractivity (Wildman–Crippen MR) is 93.5 cm³/mol. The van der Waals surface area contributed by atoms with Crippen LogP contribution in [0.3, 0.4) is 0 Å². The molecule has 0 bridgehead atoms. The first-order chi connectivity index (χ1) is 9.71. The molecule has 0 aromatic heterocycles. The topological polar surface area (TPSA) is 12.0 Å². The number of benzene rings is 1. The Labute approximate surface area is 129 Å². The fraction of sp³-hybridized carbons (Fsp3) is 0.667. The number of nitrogens with one attached hydrogen (secondary N) is 1. The van der Waals surface area contributed by atoms with Gasteiger partial charge in [0.15, 0.2) is 0 Å². The molecule has 1 atom stereocenters. The minimum atomic E-state index is 0.388. The van der Waals surface area contributed by atoms with Crippen molar-refractivity contribution in [2.24, 2.45) is 0 Å². The van der Waals surface area contributed by atoms with Gasteiger partial charge in [0.25, 0.3) is 0 Å². The fourth-order valence-corrected chi connectivity index (χ4v) is 3.46. The highest BCUT2D eigenvalue weighted by Crippen LogP contribution is 2.31. The van der Waals surface area contributed by atoms with Crippen molar-refractivity contribution in [1.29, 1.82) is 0 Å². The molecule has 1 N–H and O–H groups in total. The summed E-state index contributed by atoms with van der Waals surface area (Å²) in [7, 11) is 0. The molecule has 0 saturated carbocycles. The molecule has 2 heteroatoms. The number of hydrogen-bond donors (Lipinski definition) is 1. The number of thioether (sulfide) groups is 1. The zero-order valence-corrected chi connectivity index (χ0v) is 14.4. The normalized spacial score (nSPS) is 13.4. The SMILES string of the molecule is CCCCC(NCC(CC)(CC)SC)c1ccccc1. The molecule has 0 radical (unpaired) electrons. The fourth-order valence-electron chi connectivity index (χ4n) is 2.65. The lowest BCUT2D eigenvalue weighted by Gasteiger charge is -2.32. The Morgan fingerprint density at radius 2 is 1.75 bits per heavy atom. The second-order valence-corrected chi connectivity index (χ2v) is 6.85. The van der Waals surface area contributed by atoms with Gasteiger partial charge in [0.2, 0.25) is 0 Å². The number of unbranched alkanes of at least 4 members (excludes halogenated alkanes) is 1. The maximum Gasteiger partial charge on any atom is 0.0320 e. The van der Waals surface area contributed by atoms with Gasteiger partial charge in [-0.1, -0.05) is 63.9 Å². The first-order valence-electron chi connectivity index (χ1n) is 8.04. The molecule has 0 fully saturated rings. The van der Waals surface area contributed by atoms with E-state index >= 15 is 0 Å². The van der Waals surface area contributed by atoms with Crippen LogP contribution >= 0.6 is 11.8 Å². The van der Waals surface area contributed by atoms with Gasteiger partial charge in [-0.2, -0.15) is 11.8 Å². The summed E-state index contributed by atoms with van der Waals surface area (Å²) in [5.74, 6) is 0. The van der Waals surface area contributed by atoms with E-state index in [1.807, 2.05) is 11.8 Å². The molecule has 0 heterocycles. The summed E-state index contributed by atoms with van der Waals surface area (Å²) in [6.07, 6.45) is 8.49. The largest absolute Gasteiger partial charge is 0.309 e. The van der Waals surface area contributed by atoms with Gasteiger partial charge in [0.05, 0.1) is 0 Å². The Bertz CT molecular complexity index is 337. The van der Waals surface area contributed by atoms with Crippen molar-refractivity contribution in [2.75, 3.05) is 12.8 Å². The second kappa shape index (κ2) is 9.46. The second-order valence-electron chi connectivity index (χ2n) is 5.58. The summed E-state index contributed by atoms with van der Waals surface area (Å²) in [5.41, 5.74) is 1.43. The van der Waals surface area contributed by atoms with Crippen molar-refractivity contribution >= 4 is 11.8 Å². The van der Waals surface area contributed by atoms with Gasteiger partial charge in [-0.25, -0.2) is 0 Å². The Morgan fingerprint density at radius 3 is 2.25 bits per heavy atom. The highest BCUT2D eigenvalue weighted by atomic mass is 32.2. The maximum absolute atomic E-state index is 3.84. The third-order valence-electron chi connectivity index (χ3n) is 4.44. The lowest BCUT2D eigenvalue weighted by molar-refractivity contribution is 0.422. The van der Waals surface area contributed by atoms with Crippen LogP contribution in [-0.2, 0) is 0 Å². The van der Waals surface area contributed by atoms with Gasteiger partial charge in [0, 0.05) is 17.3 Å². The summed E-state index contributed by atoms with van der Waals surface area (Å²) in [4.78, 5) is 0. The van der Waals surface area contributed by atoms with E-state index < -0.39 is 0 Å². The van der Waals surface area contributed by atoms with Crippen LogP contribution in [0.5, 0.6) is 0 Å². The van der Waals surface area contributed by atoms with Crippen LogP contribution < -0.4 is 5.32 Å². The standard InChI is InChI=1S/C18H31NS/c1-5-8-14-17(16-12-10-9-11-13-16)19-15-18(6-2,7-3)20-4/h9-13,17,19H,5-8,14-15H2,1-4H3. The van der Waals surface area contributed by atoms with Crippen LogP contribution in [0.2, 0.25) is 0 Å². The maximum atomic E-state index is 3.84. The Kier molecular flexibility index (Phi) is 8.32. The van der Waals surface area contributed by atoms with Crippen molar-refractivity contribution in [2.45, 2.75) is 63.7 Å². The molecular weight excluding hydrogens is 262 g/mol. The summed E-state index contributed by atoms with van der Waals surface area (Å²) in [5, 5.41) is 3.84. The molecule has 0 amide bonds. The lowest BCUT2D eigenvalue weighted by Crippen LogP contribution is -2.38. The van der Waals surface area contributed by atoms with Crippen LogP contribution in [0.4, 0.5) is 0 Å². The van der Waals surface area contributed by atoms with Gasteiger partial charge < -0.3 is 5.32 Å². The minimum absolute atomic E-state index is 0.388. The van der Waals surface area contributed by atoms with E-state index in [1.54, 1.807) is 0 Å². The molecule has 1 aromatic rings. The van der Waals surface area contributed by atoms with Gasteiger partial charge in [-0.15, -0.1) is 0 Å². The van der Waals surface area contributed by atoms with Crippen molar-refractivity contribution in [3.8, 4) is 0 Å². The van der Waals surface area contributed by atoms with Gasteiger partial charge in [0.1, 0.15) is 0 Å². The predicted octanol–water partition coefficient (Wildman–Crippen LogP) is 5.43. The molecule has 1 rings (SSSR count). The zero-order chi connectivity index (χ0) is 14.8. The molecule has 114 valence electrons. The first-order valence-corrected chi connectivity index (χ1v) is 9.27. The van der Waals surface area contributed by atoms with E-state index in [9.17, 15) is 0 Å². The van der Waals surface area contributed by atoms with Crippen LogP contribution in [0.25, 0.3) is 0 Å². The lowest BCUT2D eigenvalue weighted by atomic mass is 9.98. The molecule has 1 unspecified atom stereocenters. The van der Waals surface area contributed by atoms with E-state index in [0.29, 0.717) is 10.8 Å². The van der Waals surface area contributed by atoms with Crippen LogP contribution in [-0.4, -0.2) is 17.5 Å². The average Bonchev–Trinajstić information content (AvgIpc) is 2.52. The minimum Gasteiger partial charge on any atom is -0.309 e.